The van der Waals surface area contributed by atoms with E-state index >= 15 is 0 Å². The summed E-state index contributed by atoms with van der Waals surface area (Å²) in [5, 5.41) is 12.1. The number of fused-ring (bicyclic) bond motifs is 1. The number of hydrogen-bond donors (Lipinski definition) is 1. The molecule has 1 N–H and O–H groups in total. The van der Waals surface area contributed by atoms with Gasteiger partial charge in [-0.1, -0.05) is 36.4 Å². The molecule has 1 aliphatic rings. The van der Waals surface area contributed by atoms with Crippen LogP contribution >= 0.6 is 0 Å². The zero-order valence-electron chi connectivity index (χ0n) is 15.3. The topological polar surface area (TPSA) is 48.3 Å². The van der Waals surface area contributed by atoms with Crippen LogP contribution in [-0.4, -0.2) is 31.1 Å². The summed E-state index contributed by atoms with van der Waals surface area (Å²) < 4.78 is 5.70. The van der Waals surface area contributed by atoms with Gasteiger partial charge in [-0.15, -0.1) is 0 Å². The van der Waals surface area contributed by atoms with Crippen molar-refractivity contribution < 1.29 is 4.74 Å². The third-order valence-electron chi connectivity index (χ3n) is 4.74. The number of nitriles is 1. The lowest BCUT2D eigenvalue weighted by molar-refractivity contribution is 0.254. The van der Waals surface area contributed by atoms with E-state index in [1.54, 1.807) is 0 Å². The second-order valence-corrected chi connectivity index (χ2v) is 6.73. The quantitative estimate of drug-likeness (QED) is 0.704. The Bertz CT molecular complexity index is 738. The first-order valence-corrected chi connectivity index (χ1v) is 9.44. The first-order valence-electron chi connectivity index (χ1n) is 9.44. The number of hydrogen-bond acceptors (Lipinski definition) is 4. The molecule has 0 radical (unpaired) electrons. The van der Waals surface area contributed by atoms with Crippen LogP contribution in [-0.2, 0) is 19.5 Å². The minimum absolute atomic E-state index is 0.544. The molecule has 0 fully saturated rings. The van der Waals surface area contributed by atoms with Crippen molar-refractivity contribution in [1.29, 1.82) is 5.26 Å². The van der Waals surface area contributed by atoms with Crippen molar-refractivity contribution in [3.05, 3.63) is 65.2 Å². The van der Waals surface area contributed by atoms with Crippen LogP contribution in [0.2, 0.25) is 0 Å². The third kappa shape index (κ3) is 5.59. The maximum absolute atomic E-state index is 8.55. The lowest BCUT2D eigenvalue weighted by Crippen LogP contribution is -2.35. The van der Waals surface area contributed by atoms with Gasteiger partial charge in [0.1, 0.15) is 5.75 Å². The van der Waals surface area contributed by atoms with E-state index in [9.17, 15) is 0 Å². The largest absolute Gasteiger partial charge is 0.494 e. The summed E-state index contributed by atoms with van der Waals surface area (Å²) >= 11 is 0. The summed E-state index contributed by atoms with van der Waals surface area (Å²) in [5.74, 6) is 0.884. The molecule has 2 aromatic carbocycles. The van der Waals surface area contributed by atoms with Gasteiger partial charge < -0.3 is 10.1 Å². The smallest absolute Gasteiger partial charge is 0.119 e. The molecule has 4 heteroatoms. The monoisotopic (exact) mass is 349 g/mol. The molecule has 0 atom stereocenters. The van der Waals surface area contributed by atoms with Gasteiger partial charge in [-0.2, -0.15) is 5.26 Å². The van der Waals surface area contributed by atoms with Gasteiger partial charge in [0, 0.05) is 39.1 Å². The van der Waals surface area contributed by atoms with E-state index in [1.165, 1.54) is 16.7 Å². The van der Waals surface area contributed by atoms with Crippen LogP contribution in [0.1, 0.15) is 29.5 Å². The molecule has 1 aliphatic heterocycles. The molecule has 3 rings (SSSR count). The zero-order chi connectivity index (χ0) is 18.0. The summed E-state index contributed by atoms with van der Waals surface area (Å²) in [4.78, 5) is 2.52. The SMILES string of the molecule is N#CCCCOc1cccc(CNCCN2CCc3ccccc3C2)c1. The number of ether oxygens (including phenoxy) is 1. The fourth-order valence-corrected chi connectivity index (χ4v) is 3.30. The summed E-state index contributed by atoms with van der Waals surface area (Å²) in [6, 6.07) is 19.1. The molecule has 1 heterocycles. The third-order valence-corrected chi connectivity index (χ3v) is 4.74. The van der Waals surface area contributed by atoms with Crippen LogP contribution in [0.4, 0.5) is 0 Å². The average molecular weight is 349 g/mol. The molecule has 136 valence electrons. The Morgan fingerprint density at radius 1 is 1.12 bits per heavy atom. The first-order chi connectivity index (χ1) is 12.8. The standard InChI is InChI=1S/C22H27N3O/c23-11-3-4-15-26-22-9-5-6-19(16-22)17-24-12-14-25-13-10-20-7-1-2-8-21(20)18-25/h1-2,5-9,16,24H,3-4,10,12-15,17-18H2. The molecule has 2 aromatic rings. The molecule has 0 saturated carbocycles. The predicted octanol–water partition coefficient (Wildman–Crippen LogP) is 3.52. The molecule has 26 heavy (non-hydrogen) atoms. The van der Waals surface area contributed by atoms with Gasteiger partial charge >= 0.3 is 0 Å². The summed E-state index contributed by atoms with van der Waals surface area (Å²) in [6.45, 7) is 5.70. The van der Waals surface area contributed by atoms with Crippen molar-refractivity contribution in [2.75, 3.05) is 26.2 Å². The van der Waals surface area contributed by atoms with Crippen molar-refractivity contribution in [3.63, 3.8) is 0 Å². The van der Waals surface area contributed by atoms with Crippen LogP contribution in [0.15, 0.2) is 48.5 Å². The first kappa shape index (κ1) is 18.4. The van der Waals surface area contributed by atoms with E-state index in [0.29, 0.717) is 13.0 Å². The number of unbranched alkanes of at least 4 members (excludes halogenated alkanes) is 1. The van der Waals surface area contributed by atoms with Gasteiger partial charge in [0.25, 0.3) is 0 Å². The molecule has 0 unspecified atom stereocenters. The van der Waals surface area contributed by atoms with Gasteiger partial charge in [-0.3, -0.25) is 4.90 Å². The fourth-order valence-electron chi connectivity index (χ4n) is 3.30. The summed E-state index contributed by atoms with van der Waals surface area (Å²) in [5.41, 5.74) is 4.20. The fraction of sp³-hybridized carbons (Fsp3) is 0.409. The predicted molar refractivity (Wildman–Crippen MR) is 104 cm³/mol. The van der Waals surface area contributed by atoms with Gasteiger partial charge in [-0.05, 0) is 41.7 Å². The Labute approximate surface area is 156 Å². The van der Waals surface area contributed by atoms with E-state index in [4.69, 9.17) is 10.00 Å². The average Bonchev–Trinajstić information content (AvgIpc) is 2.69. The Kier molecular flexibility index (Phi) is 7.06. The van der Waals surface area contributed by atoms with Crippen LogP contribution in [0, 0.1) is 11.3 Å². The molecule has 0 aromatic heterocycles. The van der Waals surface area contributed by atoms with E-state index in [0.717, 1.165) is 51.3 Å². The molecular formula is C22H27N3O. The van der Waals surface area contributed by atoms with Crippen molar-refractivity contribution in [3.8, 4) is 11.8 Å². The Hall–Kier alpha value is -2.35. The Balaban J connectivity index is 1.37. The molecule has 0 spiro atoms. The van der Waals surface area contributed by atoms with Crippen LogP contribution < -0.4 is 10.1 Å². The number of benzene rings is 2. The molecule has 4 nitrogen and oxygen atoms in total. The maximum atomic E-state index is 8.55. The van der Waals surface area contributed by atoms with Gasteiger partial charge in [0.15, 0.2) is 0 Å². The van der Waals surface area contributed by atoms with E-state index in [1.807, 2.05) is 12.1 Å². The van der Waals surface area contributed by atoms with E-state index in [-0.39, 0.29) is 0 Å². The molecule has 0 saturated heterocycles. The minimum Gasteiger partial charge on any atom is -0.494 e. The van der Waals surface area contributed by atoms with Crippen LogP contribution in [0.3, 0.4) is 0 Å². The summed E-state index contributed by atoms with van der Waals surface area (Å²) in [6.07, 6.45) is 2.47. The normalized spacial score (nSPS) is 13.8. The minimum atomic E-state index is 0.544. The van der Waals surface area contributed by atoms with Crippen LogP contribution in [0.5, 0.6) is 5.75 Å². The highest BCUT2D eigenvalue weighted by Crippen LogP contribution is 2.18. The molecule has 0 bridgehead atoms. The Morgan fingerprint density at radius 3 is 2.88 bits per heavy atom. The highest BCUT2D eigenvalue weighted by atomic mass is 16.5. The van der Waals surface area contributed by atoms with E-state index in [2.05, 4.69) is 52.7 Å². The number of nitrogens with one attached hydrogen (secondary N) is 1. The highest BCUT2D eigenvalue weighted by Gasteiger charge is 2.14. The second-order valence-electron chi connectivity index (χ2n) is 6.73. The highest BCUT2D eigenvalue weighted by molar-refractivity contribution is 5.29. The van der Waals surface area contributed by atoms with Gasteiger partial charge in [0.2, 0.25) is 0 Å². The lowest BCUT2D eigenvalue weighted by atomic mass is 10.00. The van der Waals surface area contributed by atoms with E-state index < -0.39 is 0 Å². The summed E-state index contributed by atoms with van der Waals surface area (Å²) in [7, 11) is 0. The lowest BCUT2D eigenvalue weighted by Gasteiger charge is -2.28. The van der Waals surface area contributed by atoms with Crippen molar-refractivity contribution >= 4 is 0 Å². The molecule has 0 amide bonds. The number of nitrogens with zero attached hydrogens (tertiary/aromatic N) is 2. The Morgan fingerprint density at radius 2 is 2.00 bits per heavy atom. The molecule has 0 aliphatic carbocycles. The van der Waals surface area contributed by atoms with Gasteiger partial charge in [-0.25, -0.2) is 0 Å². The molecular weight excluding hydrogens is 322 g/mol. The zero-order valence-corrected chi connectivity index (χ0v) is 15.3. The number of rotatable bonds is 9. The van der Waals surface area contributed by atoms with Crippen molar-refractivity contribution in [2.45, 2.75) is 32.4 Å². The van der Waals surface area contributed by atoms with Crippen molar-refractivity contribution in [1.82, 2.24) is 10.2 Å². The second kappa shape index (κ2) is 9.96. The van der Waals surface area contributed by atoms with Crippen LogP contribution in [0.25, 0.3) is 0 Å². The van der Waals surface area contributed by atoms with Crippen molar-refractivity contribution in [2.24, 2.45) is 0 Å². The maximum Gasteiger partial charge on any atom is 0.119 e. The van der Waals surface area contributed by atoms with Gasteiger partial charge in [0.05, 0.1) is 12.7 Å².